The Kier molecular flexibility index (Phi) is 25.6. The van der Waals surface area contributed by atoms with Crippen molar-refractivity contribution < 1.29 is 60.7 Å². The molecule has 0 aliphatic carbocycles. The lowest BCUT2D eigenvalue weighted by Crippen LogP contribution is -2.55. The number of aliphatic hydroxyl groups excluding tert-OH is 10. The number of carbonyl (C=O) groups excluding carboxylic acids is 2. The van der Waals surface area contributed by atoms with Crippen LogP contribution in [0.3, 0.4) is 0 Å². The van der Waals surface area contributed by atoms with E-state index in [1.54, 1.807) is 0 Å². The standard InChI is InChI=1S/C33H66N2O12/c1-3-5-7-9-11-13-15-17-33(18-16-14-12-10-8-6-4-2,21-34-31(46)29(44)27(42)25(40)23(38)19-36)22-35-32(47)30(45)28(43)26(41)24(39)20-37/h23-30,36-45H,3-22H2,1-2H3,(H,34,46)(H,35,47). The minimum absolute atomic E-state index is 0.0648. The fourth-order valence-corrected chi connectivity index (χ4v) is 5.57. The normalized spacial score (nSPS) is 17.3. The molecule has 8 unspecified atom stereocenters. The summed E-state index contributed by atoms with van der Waals surface area (Å²) in [5, 5.41) is 104. The average molecular weight is 683 g/mol. The van der Waals surface area contributed by atoms with Crippen molar-refractivity contribution in [1.82, 2.24) is 10.6 Å². The van der Waals surface area contributed by atoms with Crippen molar-refractivity contribution in [3.63, 3.8) is 0 Å². The first-order valence-corrected chi connectivity index (χ1v) is 17.5. The van der Waals surface area contributed by atoms with E-state index in [1.807, 2.05) is 0 Å². The van der Waals surface area contributed by atoms with E-state index in [-0.39, 0.29) is 13.1 Å². The van der Waals surface area contributed by atoms with Gasteiger partial charge in [-0.05, 0) is 12.8 Å². The summed E-state index contributed by atoms with van der Waals surface area (Å²) in [5.41, 5.74) is -0.792. The molecule has 0 saturated heterocycles. The molecular formula is C33H66N2O12. The van der Waals surface area contributed by atoms with Crippen molar-refractivity contribution in [2.24, 2.45) is 5.41 Å². The van der Waals surface area contributed by atoms with Crippen molar-refractivity contribution in [2.75, 3.05) is 26.3 Å². The maximum absolute atomic E-state index is 12.9. The minimum atomic E-state index is -2.13. The molecular weight excluding hydrogens is 616 g/mol. The predicted octanol–water partition coefficient (Wildman–Crippen LogP) is -0.642. The summed E-state index contributed by atoms with van der Waals surface area (Å²) in [6.07, 6.45) is -0.711. The molecule has 12 N–H and O–H groups in total. The number of hydrogen-bond acceptors (Lipinski definition) is 12. The maximum atomic E-state index is 12.9. The monoisotopic (exact) mass is 682 g/mol. The molecule has 8 atom stereocenters. The topological polar surface area (TPSA) is 260 Å². The highest BCUT2D eigenvalue weighted by atomic mass is 16.4. The van der Waals surface area contributed by atoms with Crippen LogP contribution >= 0.6 is 0 Å². The van der Waals surface area contributed by atoms with Crippen molar-refractivity contribution in [3.05, 3.63) is 0 Å². The second-order valence-corrected chi connectivity index (χ2v) is 13.0. The van der Waals surface area contributed by atoms with Gasteiger partial charge in [-0.2, -0.15) is 0 Å². The molecule has 0 aliphatic rings. The lowest BCUT2D eigenvalue weighted by molar-refractivity contribution is -0.149. The smallest absolute Gasteiger partial charge is 0.251 e. The lowest BCUT2D eigenvalue weighted by Gasteiger charge is -2.36. The molecule has 0 bridgehead atoms. The fourth-order valence-electron chi connectivity index (χ4n) is 5.57. The van der Waals surface area contributed by atoms with Crippen molar-refractivity contribution >= 4 is 11.8 Å². The minimum Gasteiger partial charge on any atom is -0.394 e. The van der Waals surface area contributed by atoms with Gasteiger partial charge in [0.1, 0.15) is 36.6 Å². The Bertz CT molecular complexity index is 744. The second-order valence-electron chi connectivity index (χ2n) is 13.0. The Hall–Kier alpha value is -1.46. The van der Waals surface area contributed by atoms with E-state index in [2.05, 4.69) is 24.5 Å². The number of aliphatic hydroxyl groups is 10. The van der Waals surface area contributed by atoms with Crippen LogP contribution in [0.1, 0.15) is 117 Å². The zero-order chi connectivity index (χ0) is 35.8. The molecule has 0 aromatic heterocycles. The lowest BCUT2D eigenvalue weighted by atomic mass is 9.77. The molecule has 0 aliphatic heterocycles. The van der Waals surface area contributed by atoms with E-state index in [1.165, 1.54) is 0 Å². The van der Waals surface area contributed by atoms with Gasteiger partial charge in [0.2, 0.25) is 0 Å². The highest BCUT2D eigenvalue weighted by Crippen LogP contribution is 2.32. The van der Waals surface area contributed by atoms with Crippen LogP contribution in [0, 0.1) is 5.41 Å². The molecule has 0 fully saturated rings. The summed E-state index contributed by atoms with van der Waals surface area (Å²) in [6.45, 7) is 2.34. The van der Waals surface area contributed by atoms with E-state index in [4.69, 9.17) is 10.2 Å². The van der Waals surface area contributed by atoms with Crippen LogP contribution in [0.5, 0.6) is 0 Å². The van der Waals surface area contributed by atoms with Gasteiger partial charge in [-0.15, -0.1) is 0 Å². The Labute approximate surface area is 280 Å². The van der Waals surface area contributed by atoms with Crippen LogP contribution in [0.4, 0.5) is 0 Å². The first-order chi connectivity index (χ1) is 22.3. The summed E-state index contributed by atoms with van der Waals surface area (Å²) in [6, 6.07) is 0. The van der Waals surface area contributed by atoms with Gasteiger partial charge in [0.05, 0.1) is 13.2 Å². The SMILES string of the molecule is CCCCCCCCCC(CCCCCCCCC)(CNC(=O)C(O)C(O)C(O)C(O)CO)CNC(=O)C(O)C(O)C(O)C(O)CO. The molecule has 14 nitrogen and oxygen atoms in total. The van der Waals surface area contributed by atoms with Gasteiger partial charge in [0.25, 0.3) is 11.8 Å². The van der Waals surface area contributed by atoms with Gasteiger partial charge in [0.15, 0.2) is 12.2 Å². The molecule has 2 amide bonds. The largest absolute Gasteiger partial charge is 0.394 e. The zero-order valence-electron chi connectivity index (χ0n) is 28.5. The molecule has 0 aromatic carbocycles. The molecule has 14 heteroatoms. The van der Waals surface area contributed by atoms with Crippen LogP contribution in [0.15, 0.2) is 0 Å². The molecule has 0 spiro atoms. The number of unbranched alkanes of at least 4 members (excludes halogenated alkanes) is 12. The molecule has 0 heterocycles. The van der Waals surface area contributed by atoms with Gasteiger partial charge in [-0.25, -0.2) is 0 Å². The highest BCUT2D eigenvalue weighted by Gasteiger charge is 2.38. The average Bonchev–Trinajstić information content (AvgIpc) is 3.08. The predicted molar refractivity (Wildman–Crippen MR) is 176 cm³/mol. The van der Waals surface area contributed by atoms with E-state index in [0.717, 1.165) is 89.9 Å². The van der Waals surface area contributed by atoms with Crippen molar-refractivity contribution in [3.8, 4) is 0 Å². The van der Waals surface area contributed by atoms with Crippen LogP contribution in [0.25, 0.3) is 0 Å². The third-order valence-electron chi connectivity index (χ3n) is 8.94. The van der Waals surface area contributed by atoms with Crippen molar-refractivity contribution in [1.29, 1.82) is 0 Å². The fraction of sp³-hybridized carbons (Fsp3) is 0.939. The number of rotatable bonds is 30. The molecule has 0 saturated carbocycles. The van der Waals surface area contributed by atoms with Crippen LogP contribution < -0.4 is 10.6 Å². The summed E-state index contributed by atoms with van der Waals surface area (Å²) in [4.78, 5) is 25.8. The van der Waals surface area contributed by atoms with Crippen molar-refractivity contribution in [2.45, 2.75) is 165 Å². The van der Waals surface area contributed by atoms with E-state index in [9.17, 15) is 50.4 Å². The third-order valence-corrected chi connectivity index (χ3v) is 8.94. The first kappa shape index (κ1) is 45.5. The highest BCUT2D eigenvalue weighted by molar-refractivity contribution is 5.82. The Balaban J connectivity index is 5.91. The van der Waals surface area contributed by atoms with Crippen LogP contribution in [0.2, 0.25) is 0 Å². The number of nitrogens with one attached hydrogen (secondary N) is 2. The molecule has 280 valence electrons. The van der Waals surface area contributed by atoms with Crippen LogP contribution in [-0.4, -0.2) is 138 Å². The van der Waals surface area contributed by atoms with Gasteiger partial charge < -0.3 is 61.7 Å². The Morgan fingerprint density at radius 2 is 0.787 bits per heavy atom. The van der Waals surface area contributed by atoms with E-state index < -0.39 is 79.3 Å². The van der Waals surface area contributed by atoms with Gasteiger partial charge in [-0.1, -0.05) is 104 Å². The van der Waals surface area contributed by atoms with E-state index in [0.29, 0.717) is 12.8 Å². The zero-order valence-corrected chi connectivity index (χ0v) is 28.5. The summed E-state index contributed by atoms with van der Waals surface area (Å²) < 4.78 is 0. The Morgan fingerprint density at radius 1 is 0.489 bits per heavy atom. The summed E-state index contributed by atoms with van der Waals surface area (Å²) in [7, 11) is 0. The van der Waals surface area contributed by atoms with E-state index >= 15 is 0 Å². The van der Waals surface area contributed by atoms with Crippen LogP contribution in [-0.2, 0) is 9.59 Å². The molecule has 0 aromatic rings. The number of carbonyl (C=O) groups is 2. The Morgan fingerprint density at radius 3 is 1.09 bits per heavy atom. The number of hydrogen-bond donors (Lipinski definition) is 12. The molecule has 0 rings (SSSR count). The van der Waals surface area contributed by atoms with Gasteiger partial charge >= 0.3 is 0 Å². The quantitative estimate of drug-likeness (QED) is 0.0422. The second kappa shape index (κ2) is 26.4. The first-order valence-electron chi connectivity index (χ1n) is 17.5. The summed E-state index contributed by atoms with van der Waals surface area (Å²) in [5.74, 6) is -2.07. The van der Waals surface area contributed by atoms with Gasteiger partial charge in [0, 0.05) is 18.5 Å². The summed E-state index contributed by atoms with van der Waals surface area (Å²) >= 11 is 0. The van der Waals surface area contributed by atoms with Gasteiger partial charge in [-0.3, -0.25) is 9.59 Å². The molecule has 0 radical (unpaired) electrons. The third kappa shape index (κ3) is 18.2. The molecule has 47 heavy (non-hydrogen) atoms. The maximum Gasteiger partial charge on any atom is 0.251 e. The number of amides is 2.